The molecule has 0 atom stereocenters. The average molecular weight is 279 g/mol. The first-order valence-electron chi connectivity index (χ1n) is 5.45. The number of anilines is 2. The fourth-order valence-electron chi connectivity index (χ4n) is 1.65. The maximum absolute atomic E-state index is 13.9. The van der Waals surface area contributed by atoms with Gasteiger partial charge in [-0.2, -0.15) is 5.26 Å². The van der Waals surface area contributed by atoms with E-state index in [0.717, 1.165) is 6.07 Å². The summed E-state index contributed by atoms with van der Waals surface area (Å²) in [6.45, 7) is 1.53. The Balaban J connectivity index is 2.52. The minimum absolute atomic E-state index is 0.143. The number of aryl methyl sites for hydroxylation is 1. The van der Waals surface area contributed by atoms with Crippen LogP contribution >= 0.6 is 11.6 Å². The highest BCUT2D eigenvalue weighted by atomic mass is 35.5. The van der Waals surface area contributed by atoms with Crippen molar-refractivity contribution in [2.45, 2.75) is 6.92 Å². The van der Waals surface area contributed by atoms with Crippen molar-refractivity contribution in [3.05, 3.63) is 58.1 Å². The molecule has 0 aliphatic heterocycles. The maximum Gasteiger partial charge on any atom is 0.152 e. The van der Waals surface area contributed by atoms with Gasteiger partial charge in [-0.3, -0.25) is 0 Å². The molecule has 0 aliphatic carbocycles. The van der Waals surface area contributed by atoms with Gasteiger partial charge >= 0.3 is 0 Å². The van der Waals surface area contributed by atoms with Crippen LogP contribution in [0.25, 0.3) is 0 Å². The van der Waals surface area contributed by atoms with Gasteiger partial charge in [0.2, 0.25) is 0 Å². The summed E-state index contributed by atoms with van der Waals surface area (Å²) < 4.78 is 27.5. The molecule has 96 valence electrons. The Morgan fingerprint density at radius 2 is 1.95 bits per heavy atom. The molecule has 2 rings (SSSR count). The molecular weight excluding hydrogens is 270 g/mol. The molecule has 0 fully saturated rings. The zero-order valence-electron chi connectivity index (χ0n) is 9.97. The van der Waals surface area contributed by atoms with E-state index < -0.39 is 11.6 Å². The second-order valence-electron chi connectivity index (χ2n) is 3.95. The zero-order valence-corrected chi connectivity index (χ0v) is 10.7. The van der Waals surface area contributed by atoms with Crippen molar-refractivity contribution < 1.29 is 8.78 Å². The summed E-state index contributed by atoms with van der Waals surface area (Å²) in [6, 6.07) is 9.07. The molecule has 0 spiro atoms. The van der Waals surface area contributed by atoms with Crippen molar-refractivity contribution in [3.63, 3.8) is 0 Å². The number of rotatable bonds is 2. The monoisotopic (exact) mass is 278 g/mol. The van der Waals surface area contributed by atoms with Crippen LogP contribution in [0.1, 0.15) is 11.1 Å². The van der Waals surface area contributed by atoms with Crippen molar-refractivity contribution in [2.24, 2.45) is 0 Å². The molecule has 0 saturated carbocycles. The number of hydrogen-bond donors (Lipinski definition) is 1. The van der Waals surface area contributed by atoms with Crippen LogP contribution in [-0.4, -0.2) is 0 Å². The Morgan fingerprint density at radius 1 is 1.21 bits per heavy atom. The molecule has 1 N–H and O–H groups in total. The molecule has 19 heavy (non-hydrogen) atoms. The summed E-state index contributed by atoms with van der Waals surface area (Å²) in [5.41, 5.74) is 0.422. The lowest BCUT2D eigenvalue weighted by Gasteiger charge is -2.12. The lowest BCUT2D eigenvalue weighted by molar-refractivity contribution is 0.585. The molecular formula is C14H9ClF2N2. The van der Waals surface area contributed by atoms with Crippen molar-refractivity contribution in [1.82, 2.24) is 0 Å². The Labute approximate surface area is 114 Å². The molecule has 0 heterocycles. The van der Waals surface area contributed by atoms with Crippen LogP contribution in [0.15, 0.2) is 30.3 Å². The molecule has 0 radical (unpaired) electrons. The van der Waals surface area contributed by atoms with Crippen LogP contribution in [-0.2, 0) is 0 Å². The van der Waals surface area contributed by atoms with Gasteiger partial charge < -0.3 is 5.32 Å². The SMILES string of the molecule is Cc1ccc(F)c(Nc2cccc(Cl)c2C#N)c1F. The number of nitriles is 1. The summed E-state index contributed by atoms with van der Waals surface area (Å²) in [7, 11) is 0. The molecule has 0 unspecified atom stereocenters. The number of benzene rings is 2. The van der Waals surface area contributed by atoms with Crippen LogP contribution in [0.2, 0.25) is 5.02 Å². The molecule has 2 aromatic carbocycles. The molecule has 0 bridgehead atoms. The first-order chi connectivity index (χ1) is 9.04. The van der Waals surface area contributed by atoms with Gasteiger partial charge in [0.15, 0.2) is 5.82 Å². The van der Waals surface area contributed by atoms with Gasteiger partial charge in [-0.05, 0) is 30.7 Å². The van der Waals surface area contributed by atoms with Gasteiger partial charge in [0.05, 0.1) is 16.3 Å². The van der Waals surface area contributed by atoms with Gasteiger partial charge in [0.25, 0.3) is 0 Å². The van der Waals surface area contributed by atoms with E-state index in [-0.39, 0.29) is 22.0 Å². The normalized spacial score (nSPS) is 10.1. The lowest BCUT2D eigenvalue weighted by Crippen LogP contribution is -2.01. The maximum atomic E-state index is 13.9. The van der Waals surface area contributed by atoms with Gasteiger partial charge in [-0.15, -0.1) is 0 Å². The van der Waals surface area contributed by atoms with Crippen LogP contribution in [0.3, 0.4) is 0 Å². The fraction of sp³-hybridized carbons (Fsp3) is 0.0714. The zero-order chi connectivity index (χ0) is 14.0. The van der Waals surface area contributed by atoms with Crippen molar-refractivity contribution in [2.75, 3.05) is 5.32 Å². The predicted octanol–water partition coefficient (Wildman–Crippen LogP) is 4.54. The van der Waals surface area contributed by atoms with E-state index in [1.54, 1.807) is 6.07 Å². The molecule has 2 nitrogen and oxygen atoms in total. The molecule has 5 heteroatoms. The standard InChI is InChI=1S/C14H9ClF2N2/c1-8-5-6-11(16)14(13(8)17)19-12-4-2-3-10(15)9(12)7-18/h2-6,19H,1H3. The largest absolute Gasteiger partial charge is 0.350 e. The first kappa shape index (κ1) is 13.3. The van der Waals surface area contributed by atoms with Gasteiger partial charge in [0, 0.05) is 0 Å². The Kier molecular flexibility index (Phi) is 3.68. The summed E-state index contributed by atoms with van der Waals surface area (Å²) >= 11 is 5.86. The van der Waals surface area contributed by atoms with Crippen molar-refractivity contribution >= 4 is 23.0 Å². The molecule has 0 amide bonds. The summed E-state index contributed by atoms with van der Waals surface area (Å²) in [5.74, 6) is -1.42. The summed E-state index contributed by atoms with van der Waals surface area (Å²) in [5, 5.41) is 11.8. The topological polar surface area (TPSA) is 35.8 Å². The molecule has 0 aromatic heterocycles. The number of halogens is 3. The van der Waals surface area contributed by atoms with E-state index in [1.165, 1.54) is 25.1 Å². The molecule has 0 saturated heterocycles. The number of hydrogen-bond acceptors (Lipinski definition) is 2. The van der Waals surface area contributed by atoms with E-state index in [2.05, 4.69) is 5.32 Å². The molecule has 0 aliphatic rings. The highest BCUT2D eigenvalue weighted by Gasteiger charge is 2.14. The fourth-order valence-corrected chi connectivity index (χ4v) is 1.86. The summed E-state index contributed by atoms with van der Waals surface area (Å²) in [6.07, 6.45) is 0. The Bertz CT molecular complexity index is 678. The van der Waals surface area contributed by atoms with E-state index in [9.17, 15) is 8.78 Å². The van der Waals surface area contributed by atoms with E-state index in [1.807, 2.05) is 6.07 Å². The third-order valence-electron chi connectivity index (χ3n) is 2.67. The second kappa shape index (κ2) is 5.25. The van der Waals surface area contributed by atoms with Crippen molar-refractivity contribution in [3.8, 4) is 6.07 Å². The van der Waals surface area contributed by atoms with E-state index in [0.29, 0.717) is 5.56 Å². The first-order valence-corrected chi connectivity index (χ1v) is 5.82. The quantitative estimate of drug-likeness (QED) is 0.875. The number of nitrogens with zero attached hydrogens (tertiary/aromatic N) is 1. The van der Waals surface area contributed by atoms with Gasteiger partial charge in [0.1, 0.15) is 17.6 Å². The molecule has 2 aromatic rings. The van der Waals surface area contributed by atoms with Gasteiger partial charge in [-0.1, -0.05) is 23.7 Å². The smallest absolute Gasteiger partial charge is 0.152 e. The Morgan fingerprint density at radius 3 is 2.63 bits per heavy atom. The van der Waals surface area contributed by atoms with Gasteiger partial charge in [-0.25, -0.2) is 8.78 Å². The summed E-state index contributed by atoms with van der Waals surface area (Å²) in [4.78, 5) is 0. The van der Waals surface area contributed by atoms with E-state index >= 15 is 0 Å². The third kappa shape index (κ3) is 2.51. The lowest BCUT2D eigenvalue weighted by atomic mass is 10.1. The van der Waals surface area contributed by atoms with Crippen molar-refractivity contribution in [1.29, 1.82) is 5.26 Å². The number of nitrogens with one attached hydrogen (secondary N) is 1. The van der Waals surface area contributed by atoms with Crippen LogP contribution in [0.5, 0.6) is 0 Å². The Hall–Kier alpha value is -2.12. The van der Waals surface area contributed by atoms with Crippen LogP contribution in [0.4, 0.5) is 20.2 Å². The second-order valence-corrected chi connectivity index (χ2v) is 4.36. The van der Waals surface area contributed by atoms with E-state index in [4.69, 9.17) is 16.9 Å². The highest BCUT2D eigenvalue weighted by molar-refractivity contribution is 6.32. The highest BCUT2D eigenvalue weighted by Crippen LogP contribution is 2.30. The van der Waals surface area contributed by atoms with Crippen LogP contribution in [0, 0.1) is 29.9 Å². The minimum atomic E-state index is -0.730. The van der Waals surface area contributed by atoms with Crippen LogP contribution < -0.4 is 5.32 Å². The third-order valence-corrected chi connectivity index (χ3v) is 2.98. The predicted molar refractivity (Wildman–Crippen MR) is 70.5 cm³/mol. The average Bonchev–Trinajstić information content (AvgIpc) is 2.39. The minimum Gasteiger partial charge on any atom is -0.350 e.